The van der Waals surface area contributed by atoms with E-state index in [9.17, 15) is 19.8 Å². The lowest BCUT2D eigenvalue weighted by molar-refractivity contribution is 0.295. The van der Waals surface area contributed by atoms with Crippen molar-refractivity contribution >= 4 is 40.4 Å². The van der Waals surface area contributed by atoms with Gasteiger partial charge in [-0.05, 0) is 65.0 Å². The Morgan fingerprint density at radius 3 is 1.86 bits per heavy atom. The van der Waals surface area contributed by atoms with Crippen LogP contribution in [0.3, 0.4) is 0 Å². The molecule has 0 saturated carbocycles. The van der Waals surface area contributed by atoms with E-state index in [1.54, 1.807) is 25.1 Å². The number of halogens is 1. The van der Waals surface area contributed by atoms with Crippen molar-refractivity contribution in [2.24, 2.45) is 28.2 Å². The van der Waals surface area contributed by atoms with Crippen LogP contribution in [0.2, 0.25) is 0 Å². The summed E-state index contributed by atoms with van der Waals surface area (Å²) in [4.78, 5) is 27.1. The van der Waals surface area contributed by atoms with E-state index in [1.807, 2.05) is 0 Å². The molecule has 0 spiro atoms. The average molecular weight is 612 g/mol. The topological polar surface area (TPSA) is 113 Å². The fraction of sp³-hybridized carbons (Fsp3) is 0.333. The minimum Gasteiger partial charge on any atom is -0.494 e. The molecule has 0 unspecified atom stereocenters. The number of hydrogen-bond donors (Lipinski definition) is 2. The number of nitrogens with zero attached hydrogens (tertiary/aromatic N) is 4. The molecule has 0 aliphatic heterocycles. The Hall–Kier alpha value is -3.16. The SMILES string of the molecule is C=CCOc1c(Br)cc(C(c2c(O)n(C)c(=S)n(C)c2=O)c2c(O)n(C)c(=S)n(C)c2=O)cc1OCC. The minimum atomic E-state index is -1.25. The van der Waals surface area contributed by atoms with E-state index in [1.165, 1.54) is 46.5 Å². The van der Waals surface area contributed by atoms with Crippen LogP contribution in [0.1, 0.15) is 29.5 Å². The van der Waals surface area contributed by atoms with Gasteiger partial charge in [-0.15, -0.1) is 0 Å². The number of aromatic nitrogens is 4. The van der Waals surface area contributed by atoms with E-state index in [-0.39, 0.29) is 27.3 Å². The van der Waals surface area contributed by atoms with Crippen LogP contribution in [0.5, 0.6) is 23.3 Å². The van der Waals surface area contributed by atoms with Gasteiger partial charge in [0.25, 0.3) is 11.1 Å². The van der Waals surface area contributed by atoms with Crippen LogP contribution in [0.25, 0.3) is 0 Å². The van der Waals surface area contributed by atoms with Crippen LogP contribution in [0.4, 0.5) is 0 Å². The summed E-state index contributed by atoms with van der Waals surface area (Å²) < 4.78 is 17.0. The Labute approximate surface area is 231 Å². The number of hydrogen-bond acceptors (Lipinski definition) is 8. The Balaban J connectivity index is 2.57. The second-order valence-corrected chi connectivity index (χ2v) is 9.77. The maximum Gasteiger partial charge on any atom is 0.262 e. The van der Waals surface area contributed by atoms with Crippen LogP contribution in [-0.4, -0.2) is 41.7 Å². The quantitative estimate of drug-likeness (QED) is 0.294. The predicted octanol–water partition coefficient (Wildman–Crippen LogP) is 3.54. The molecule has 198 valence electrons. The molecule has 2 heterocycles. The van der Waals surface area contributed by atoms with Crippen molar-refractivity contribution in [2.75, 3.05) is 13.2 Å². The maximum atomic E-state index is 13.5. The van der Waals surface area contributed by atoms with Crippen molar-refractivity contribution in [2.45, 2.75) is 12.8 Å². The number of rotatable bonds is 8. The van der Waals surface area contributed by atoms with Gasteiger partial charge in [-0.25, -0.2) is 0 Å². The summed E-state index contributed by atoms with van der Waals surface area (Å²) in [6, 6.07) is 3.23. The third-order valence-electron chi connectivity index (χ3n) is 5.92. The first-order valence-electron chi connectivity index (χ1n) is 11.1. The molecule has 0 bridgehead atoms. The Kier molecular flexibility index (Phi) is 8.50. The van der Waals surface area contributed by atoms with E-state index in [4.69, 9.17) is 33.9 Å². The Bertz CT molecular complexity index is 1550. The molecule has 13 heteroatoms. The van der Waals surface area contributed by atoms with Gasteiger partial charge in [-0.3, -0.25) is 27.9 Å². The molecule has 0 atom stereocenters. The molecule has 2 aromatic heterocycles. The summed E-state index contributed by atoms with van der Waals surface area (Å²) in [5.41, 5.74) is -1.26. The number of benzene rings is 1. The van der Waals surface area contributed by atoms with Crippen LogP contribution in [0, 0.1) is 9.54 Å². The highest BCUT2D eigenvalue weighted by molar-refractivity contribution is 9.10. The highest BCUT2D eigenvalue weighted by Gasteiger charge is 2.33. The van der Waals surface area contributed by atoms with E-state index >= 15 is 0 Å². The largest absolute Gasteiger partial charge is 0.494 e. The molecular formula is C24H27BrN4O6S2. The van der Waals surface area contributed by atoms with Crippen LogP contribution >= 0.6 is 40.4 Å². The monoisotopic (exact) mass is 610 g/mol. The molecule has 1 aromatic carbocycles. The molecule has 0 saturated heterocycles. The highest BCUT2D eigenvalue weighted by atomic mass is 79.9. The molecule has 37 heavy (non-hydrogen) atoms. The second-order valence-electron chi connectivity index (χ2n) is 8.18. The predicted molar refractivity (Wildman–Crippen MR) is 148 cm³/mol. The first-order valence-corrected chi connectivity index (χ1v) is 12.7. The van der Waals surface area contributed by atoms with Crippen molar-refractivity contribution in [1.29, 1.82) is 0 Å². The van der Waals surface area contributed by atoms with Crippen molar-refractivity contribution < 1.29 is 19.7 Å². The van der Waals surface area contributed by atoms with E-state index in [0.717, 1.165) is 0 Å². The second kappa shape index (κ2) is 11.1. The van der Waals surface area contributed by atoms with Crippen molar-refractivity contribution in [1.82, 2.24) is 18.3 Å². The molecule has 10 nitrogen and oxygen atoms in total. The minimum absolute atomic E-state index is 0.0675. The summed E-state index contributed by atoms with van der Waals surface area (Å²) >= 11 is 14.0. The fourth-order valence-corrected chi connectivity index (χ4v) is 4.91. The maximum absolute atomic E-state index is 13.5. The van der Waals surface area contributed by atoms with Crippen LogP contribution < -0.4 is 20.6 Å². The summed E-state index contributed by atoms with van der Waals surface area (Å²) in [5, 5.41) is 22.3. The molecular weight excluding hydrogens is 584 g/mol. The lowest BCUT2D eigenvalue weighted by Gasteiger charge is -2.24. The summed E-state index contributed by atoms with van der Waals surface area (Å²) in [5.74, 6) is -1.45. The normalized spacial score (nSPS) is 11.1. The molecule has 3 rings (SSSR count). The lowest BCUT2D eigenvalue weighted by atomic mass is 9.86. The third kappa shape index (κ3) is 4.90. The first-order chi connectivity index (χ1) is 17.4. The van der Waals surface area contributed by atoms with Gasteiger partial charge in [-0.1, -0.05) is 12.7 Å². The van der Waals surface area contributed by atoms with Crippen molar-refractivity contribution in [3.05, 3.63) is 76.2 Å². The Morgan fingerprint density at radius 2 is 1.43 bits per heavy atom. The van der Waals surface area contributed by atoms with E-state index < -0.39 is 28.8 Å². The van der Waals surface area contributed by atoms with E-state index in [0.29, 0.717) is 28.1 Å². The van der Waals surface area contributed by atoms with Gasteiger partial charge in [0.05, 0.1) is 28.1 Å². The molecule has 0 radical (unpaired) electrons. The molecule has 0 fully saturated rings. The van der Waals surface area contributed by atoms with Gasteiger partial charge < -0.3 is 19.7 Å². The lowest BCUT2D eigenvalue weighted by Crippen LogP contribution is -2.33. The summed E-state index contributed by atoms with van der Waals surface area (Å²) in [6.45, 7) is 5.96. The zero-order valence-electron chi connectivity index (χ0n) is 20.9. The summed E-state index contributed by atoms with van der Waals surface area (Å²) in [7, 11) is 5.91. The van der Waals surface area contributed by atoms with Crippen LogP contribution in [0.15, 0.2) is 38.8 Å². The molecule has 0 aliphatic rings. The van der Waals surface area contributed by atoms with Crippen molar-refractivity contribution in [3.8, 4) is 23.3 Å². The van der Waals surface area contributed by atoms with Crippen LogP contribution in [-0.2, 0) is 28.2 Å². The fourth-order valence-electron chi connectivity index (χ4n) is 4.00. The molecule has 3 aromatic rings. The van der Waals surface area contributed by atoms with Gasteiger partial charge in [0, 0.05) is 28.2 Å². The smallest absolute Gasteiger partial charge is 0.262 e. The van der Waals surface area contributed by atoms with Gasteiger partial charge in [0.2, 0.25) is 11.8 Å². The zero-order valence-corrected chi connectivity index (χ0v) is 24.2. The van der Waals surface area contributed by atoms with Gasteiger partial charge in [-0.2, -0.15) is 0 Å². The zero-order chi connectivity index (χ0) is 27.8. The molecule has 0 amide bonds. The van der Waals surface area contributed by atoms with Gasteiger partial charge in [0.15, 0.2) is 21.0 Å². The van der Waals surface area contributed by atoms with Crippen molar-refractivity contribution in [3.63, 3.8) is 0 Å². The number of ether oxygens (including phenoxy) is 2. The van der Waals surface area contributed by atoms with Gasteiger partial charge in [0.1, 0.15) is 6.61 Å². The Morgan fingerprint density at radius 1 is 0.946 bits per heavy atom. The summed E-state index contributed by atoms with van der Waals surface area (Å²) in [6.07, 6.45) is 1.58. The molecule has 0 aliphatic carbocycles. The highest BCUT2D eigenvalue weighted by Crippen LogP contribution is 2.43. The average Bonchev–Trinajstić information content (AvgIpc) is 2.87. The van der Waals surface area contributed by atoms with E-state index in [2.05, 4.69) is 22.5 Å². The standard InChI is InChI=1S/C24H27BrN4O6S2/c1-7-9-35-18-13(25)10-12(11-14(18)34-8-2)15(16-19(30)26(3)23(36)27(4)20(16)31)17-21(32)28(5)24(37)29(6)22(17)33/h7,10-11,15,30,32H,1,8-9H2,2-6H3. The first kappa shape index (κ1) is 28.4. The number of aromatic hydroxyl groups is 2. The third-order valence-corrected chi connectivity index (χ3v) is 7.61. The molecule has 2 N–H and O–H groups in total. The van der Waals surface area contributed by atoms with Gasteiger partial charge >= 0.3 is 0 Å².